The summed E-state index contributed by atoms with van der Waals surface area (Å²) >= 11 is 12.2. The quantitative estimate of drug-likeness (QED) is 0.820. The number of aromatic nitrogens is 2. The van der Waals surface area contributed by atoms with E-state index in [4.69, 9.17) is 27.9 Å². The zero-order valence-electron chi connectivity index (χ0n) is 13.5. The highest BCUT2D eigenvalue weighted by molar-refractivity contribution is 6.33. The van der Waals surface area contributed by atoms with E-state index in [0.29, 0.717) is 47.5 Å². The summed E-state index contributed by atoms with van der Waals surface area (Å²) in [4.78, 5) is 23.1. The monoisotopic (exact) mass is 377 g/mol. The van der Waals surface area contributed by atoms with Gasteiger partial charge in [0, 0.05) is 35.4 Å². The topological polar surface area (TPSA) is 55.3 Å². The van der Waals surface area contributed by atoms with Crippen molar-refractivity contribution in [3.63, 3.8) is 0 Å². The summed E-state index contributed by atoms with van der Waals surface area (Å²) in [6.07, 6.45) is 5.55. The van der Waals surface area contributed by atoms with E-state index in [1.165, 1.54) is 0 Å². The first-order chi connectivity index (χ1) is 12.1. The van der Waals surface area contributed by atoms with Crippen LogP contribution in [0, 0.1) is 0 Å². The average molecular weight is 378 g/mol. The summed E-state index contributed by atoms with van der Waals surface area (Å²) in [5, 5.41) is 1.34. The van der Waals surface area contributed by atoms with Crippen molar-refractivity contribution in [1.82, 2.24) is 14.9 Å². The summed E-state index contributed by atoms with van der Waals surface area (Å²) in [6.45, 7) is 2.05. The third-order valence-electron chi connectivity index (χ3n) is 4.94. The Kier molecular flexibility index (Phi) is 4.40. The van der Waals surface area contributed by atoms with Crippen LogP contribution in [0.3, 0.4) is 0 Å². The predicted molar refractivity (Wildman–Crippen MR) is 95.1 cm³/mol. The van der Waals surface area contributed by atoms with Crippen molar-refractivity contribution in [1.29, 1.82) is 0 Å². The molecule has 2 fully saturated rings. The molecular formula is C18H17Cl2N3O2. The van der Waals surface area contributed by atoms with Crippen molar-refractivity contribution < 1.29 is 9.53 Å². The van der Waals surface area contributed by atoms with Gasteiger partial charge >= 0.3 is 0 Å². The number of rotatable bonds is 4. The van der Waals surface area contributed by atoms with Gasteiger partial charge in [-0.15, -0.1) is 0 Å². The van der Waals surface area contributed by atoms with Crippen molar-refractivity contribution in [2.75, 3.05) is 19.8 Å². The summed E-state index contributed by atoms with van der Waals surface area (Å²) in [7, 11) is 0. The first-order valence-electron chi connectivity index (χ1n) is 8.22. The summed E-state index contributed by atoms with van der Waals surface area (Å²) < 4.78 is 5.26. The van der Waals surface area contributed by atoms with Crippen molar-refractivity contribution in [2.45, 2.75) is 24.8 Å². The lowest BCUT2D eigenvalue weighted by Crippen LogP contribution is -2.72. The molecule has 1 aromatic carbocycles. The first-order valence-corrected chi connectivity index (χ1v) is 8.98. The molecule has 0 saturated carbocycles. The van der Waals surface area contributed by atoms with Crippen LogP contribution < -0.4 is 0 Å². The zero-order chi connectivity index (χ0) is 17.4. The van der Waals surface area contributed by atoms with Crippen LogP contribution in [0.2, 0.25) is 10.0 Å². The molecule has 0 bridgehead atoms. The van der Waals surface area contributed by atoms with Crippen LogP contribution in [-0.4, -0.2) is 46.1 Å². The lowest BCUT2D eigenvalue weighted by molar-refractivity contribution is -0.172. The molecule has 2 aliphatic heterocycles. The van der Waals surface area contributed by atoms with Crippen LogP contribution >= 0.6 is 23.2 Å². The Balaban J connectivity index is 1.40. The van der Waals surface area contributed by atoms with E-state index in [1.54, 1.807) is 24.5 Å². The molecule has 1 amide bonds. The number of nitrogens with zero attached hydrogens (tertiary/aromatic N) is 3. The third-order valence-corrected chi connectivity index (χ3v) is 5.54. The Morgan fingerprint density at radius 3 is 2.56 bits per heavy atom. The van der Waals surface area contributed by atoms with Gasteiger partial charge in [0.15, 0.2) is 0 Å². The number of hydrogen-bond donors (Lipinski definition) is 0. The Hall–Kier alpha value is -1.69. The molecule has 5 nitrogen and oxygen atoms in total. The molecule has 2 aliphatic rings. The Labute approximate surface area is 155 Å². The smallest absolute Gasteiger partial charge is 0.257 e. The second-order valence-corrected chi connectivity index (χ2v) is 7.39. The van der Waals surface area contributed by atoms with Crippen LogP contribution in [0.15, 0.2) is 30.6 Å². The van der Waals surface area contributed by atoms with Gasteiger partial charge in [0.25, 0.3) is 5.91 Å². The minimum Gasteiger partial charge on any atom is -0.376 e. The van der Waals surface area contributed by atoms with Crippen LogP contribution in [0.5, 0.6) is 0 Å². The average Bonchev–Trinajstić information content (AvgIpc) is 2.54. The summed E-state index contributed by atoms with van der Waals surface area (Å²) in [6, 6.07) is 5.40. The second-order valence-electron chi connectivity index (χ2n) is 6.55. The van der Waals surface area contributed by atoms with E-state index < -0.39 is 0 Å². The van der Waals surface area contributed by atoms with Crippen molar-refractivity contribution in [3.05, 3.63) is 57.6 Å². The molecule has 1 spiro atoms. The lowest BCUT2D eigenvalue weighted by atomic mass is 9.82. The van der Waals surface area contributed by atoms with Gasteiger partial charge in [-0.1, -0.05) is 23.2 Å². The van der Waals surface area contributed by atoms with Gasteiger partial charge in [0.05, 0.1) is 24.3 Å². The molecule has 130 valence electrons. The Morgan fingerprint density at radius 2 is 1.96 bits per heavy atom. The first kappa shape index (κ1) is 16.8. The SMILES string of the molecule is O=C(c1cnc(CCc2cc(Cl)ccc2Cl)nc1)N1CCC12COC2. The standard InChI is InChI=1S/C18H17Cl2N3O2/c19-14-2-3-15(20)12(7-14)1-4-16-21-8-13(9-22-16)17(24)23-6-5-18(23)10-25-11-18/h2-3,7-9H,1,4-6,10-11H2. The van der Waals surface area contributed by atoms with E-state index in [1.807, 2.05) is 11.0 Å². The molecule has 25 heavy (non-hydrogen) atoms. The fourth-order valence-corrected chi connectivity index (χ4v) is 3.63. The maximum absolute atomic E-state index is 12.6. The number of carbonyl (C=O) groups is 1. The van der Waals surface area contributed by atoms with E-state index in [-0.39, 0.29) is 11.4 Å². The minimum absolute atomic E-state index is 0.0148. The molecule has 0 atom stereocenters. The number of likely N-dealkylation sites (tertiary alicyclic amines) is 1. The van der Waals surface area contributed by atoms with Crippen LogP contribution in [0.1, 0.15) is 28.2 Å². The molecule has 3 heterocycles. The molecule has 4 rings (SSSR count). The fourth-order valence-electron chi connectivity index (χ4n) is 3.23. The maximum Gasteiger partial charge on any atom is 0.257 e. The van der Waals surface area contributed by atoms with Crippen molar-refractivity contribution in [2.24, 2.45) is 0 Å². The van der Waals surface area contributed by atoms with Gasteiger partial charge in [-0.25, -0.2) is 9.97 Å². The molecule has 2 aromatic rings. The van der Waals surface area contributed by atoms with Gasteiger partial charge in [0.1, 0.15) is 5.82 Å². The highest BCUT2D eigenvalue weighted by Gasteiger charge is 2.53. The normalized spacial score (nSPS) is 17.9. The van der Waals surface area contributed by atoms with Gasteiger partial charge < -0.3 is 9.64 Å². The van der Waals surface area contributed by atoms with Crippen molar-refractivity contribution in [3.8, 4) is 0 Å². The van der Waals surface area contributed by atoms with Crippen molar-refractivity contribution >= 4 is 29.1 Å². The second kappa shape index (κ2) is 6.56. The number of aryl methyl sites for hydroxylation is 2. The molecule has 0 unspecified atom stereocenters. The number of benzene rings is 1. The Bertz CT molecular complexity index is 801. The van der Waals surface area contributed by atoms with E-state index >= 15 is 0 Å². The van der Waals surface area contributed by atoms with Gasteiger partial charge in [-0.3, -0.25) is 4.79 Å². The highest BCUT2D eigenvalue weighted by atomic mass is 35.5. The lowest BCUT2D eigenvalue weighted by Gasteiger charge is -2.57. The number of hydrogen-bond acceptors (Lipinski definition) is 4. The molecule has 0 N–H and O–H groups in total. The van der Waals surface area contributed by atoms with Crippen LogP contribution in [0.25, 0.3) is 0 Å². The summed E-state index contributed by atoms with van der Waals surface area (Å²) in [5.41, 5.74) is 1.42. The highest BCUT2D eigenvalue weighted by Crippen LogP contribution is 2.38. The number of amides is 1. The van der Waals surface area contributed by atoms with Gasteiger partial charge in [-0.2, -0.15) is 0 Å². The molecule has 0 aliphatic carbocycles. The number of ether oxygens (including phenoxy) is 1. The number of carbonyl (C=O) groups excluding carboxylic acids is 1. The maximum atomic E-state index is 12.6. The fraction of sp³-hybridized carbons (Fsp3) is 0.389. The molecule has 2 saturated heterocycles. The summed E-state index contributed by atoms with van der Waals surface area (Å²) in [5.74, 6) is 0.664. The van der Waals surface area contributed by atoms with Gasteiger partial charge in [0.2, 0.25) is 0 Å². The molecule has 7 heteroatoms. The third kappa shape index (κ3) is 3.12. The van der Waals surface area contributed by atoms with E-state index in [9.17, 15) is 4.79 Å². The molecular weight excluding hydrogens is 361 g/mol. The van der Waals surface area contributed by atoms with Crippen LogP contribution in [-0.2, 0) is 17.6 Å². The number of halogens is 2. The minimum atomic E-state index is -0.0704. The van der Waals surface area contributed by atoms with E-state index in [0.717, 1.165) is 18.5 Å². The van der Waals surface area contributed by atoms with Crippen LogP contribution in [0.4, 0.5) is 0 Å². The predicted octanol–water partition coefficient (Wildman–Crippen LogP) is 3.18. The zero-order valence-corrected chi connectivity index (χ0v) is 15.1. The Morgan fingerprint density at radius 1 is 1.20 bits per heavy atom. The van der Waals surface area contributed by atoms with E-state index in [2.05, 4.69) is 9.97 Å². The molecule has 1 aromatic heterocycles. The largest absolute Gasteiger partial charge is 0.376 e. The van der Waals surface area contributed by atoms with Gasteiger partial charge in [-0.05, 0) is 36.6 Å². The molecule has 0 radical (unpaired) electrons.